The standard InChI is InChI=1S/C23H17ClF3NO3/c24-20-9-8-16(12-19(20)23(25,26)27)14-31-22(30)18(11-15-5-2-1-3-6-15)21(29)17-7-4-10-28-13-17/h1-13,21,29H,14H2. The van der Waals surface area contributed by atoms with Gasteiger partial charge in [-0.15, -0.1) is 0 Å². The van der Waals surface area contributed by atoms with Gasteiger partial charge in [0.05, 0.1) is 16.2 Å². The average Bonchev–Trinajstić information content (AvgIpc) is 2.76. The van der Waals surface area contributed by atoms with E-state index < -0.39 is 35.4 Å². The molecule has 0 amide bonds. The number of aromatic nitrogens is 1. The lowest BCUT2D eigenvalue weighted by Gasteiger charge is -2.16. The van der Waals surface area contributed by atoms with Gasteiger partial charge in [0.2, 0.25) is 0 Å². The molecule has 1 aromatic heterocycles. The molecule has 31 heavy (non-hydrogen) atoms. The fourth-order valence-electron chi connectivity index (χ4n) is 2.81. The highest BCUT2D eigenvalue weighted by atomic mass is 35.5. The van der Waals surface area contributed by atoms with Crippen LogP contribution in [0, 0.1) is 0 Å². The molecule has 1 heterocycles. The molecule has 2 aromatic carbocycles. The summed E-state index contributed by atoms with van der Waals surface area (Å²) in [4.78, 5) is 16.7. The van der Waals surface area contributed by atoms with Gasteiger partial charge in [-0.1, -0.05) is 54.1 Å². The summed E-state index contributed by atoms with van der Waals surface area (Å²) in [5, 5.41) is 10.3. The number of aliphatic hydroxyl groups excluding tert-OH is 1. The van der Waals surface area contributed by atoms with Crippen molar-refractivity contribution in [3.8, 4) is 0 Å². The first kappa shape index (κ1) is 22.5. The number of pyridine rings is 1. The molecule has 0 fully saturated rings. The maximum absolute atomic E-state index is 13.1. The minimum atomic E-state index is -4.63. The van der Waals surface area contributed by atoms with Crippen LogP contribution in [-0.2, 0) is 22.3 Å². The number of nitrogens with zero attached hydrogens (tertiary/aromatic N) is 1. The minimum Gasteiger partial charge on any atom is -0.457 e. The molecule has 8 heteroatoms. The number of benzene rings is 2. The number of ether oxygens (including phenoxy) is 1. The van der Waals surface area contributed by atoms with E-state index in [0.29, 0.717) is 11.1 Å². The van der Waals surface area contributed by atoms with Gasteiger partial charge in [0.1, 0.15) is 12.7 Å². The molecular formula is C23H17ClF3NO3. The predicted molar refractivity (Wildman–Crippen MR) is 110 cm³/mol. The first-order valence-electron chi connectivity index (χ1n) is 9.13. The highest BCUT2D eigenvalue weighted by molar-refractivity contribution is 6.31. The second-order valence-electron chi connectivity index (χ2n) is 6.59. The predicted octanol–water partition coefficient (Wildman–Crippen LogP) is 5.61. The van der Waals surface area contributed by atoms with Crippen molar-refractivity contribution in [3.63, 3.8) is 0 Å². The van der Waals surface area contributed by atoms with Gasteiger partial charge >= 0.3 is 12.1 Å². The molecule has 0 radical (unpaired) electrons. The molecule has 160 valence electrons. The molecule has 0 aliphatic heterocycles. The van der Waals surface area contributed by atoms with Crippen molar-refractivity contribution in [2.75, 3.05) is 0 Å². The van der Waals surface area contributed by atoms with Gasteiger partial charge in [0.25, 0.3) is 0 Å². The summed E-state index contributed by atoms with van der Waals surface area (Å²) in [6.45, 7) is -0.426. The van der Waals surface area contributed by atoms with E-state index in [9.17, 15) is 23.1 Å². The van der Waals surface area contributed by atoms with E-state index in [2.05, 4.69) is 4.98 Å². The van der Waals surface area contributed by atoms with Gasteiger partial charge in [-0.3, -0.25) is 4.98 Å². The van der Waals surface area contributed by atoms with E-state index >= 15 is 0 Å². The first-order valence-corrected chi connectivity index (χ1v) is 9.51. The summed E-state index contributed by atoms with van der Waals surface area (Å²) in [7, 11) is 0. The molecule has 3 aromatic rings. The number of esters is 1. The van der Waals surface area contributed by atoms with Crippen molar-refractivity contribution in [2.24, 2.45) is 0 Å². The highest BCUT2D eigenvalue weighted by Crippen LogP contribution is 2.35. The third-order valence-corrected chi connectivity index (χ3v) is 4.69. The SMILES string of the molecule is O=C(OCc1ccc(Cl)c(C(F)(F)F)c1)C(=Cc1ccccc1)C(O)c1cccnc1. The van der Waals surface area contributed by atoms with Gasteiger partial charge in [-0.05, 0) is 35.4 Å². The molecule has 1 N–H and O–H groups in total. The molecule has 0 bridgehead atoms. The normalized spacial score (nSPS) is 13.0. The number of alkyl halides is 3. The number of hydrogen-bond acceptors (Lipinski definition) is 4. The fourth-order valence-corrected chi connectivity index (χ4v) is 3.03. The van der Waals surface area contributed by atoms with Crippen LogP contribution in [0.2, 0.25) is 5.02 Å². The summed E-state index contributed by atoms with van der Waals surface area (Å²) in [5.41, 5.74) is 0.0260. The molecule has 1 atom stereocenters. The molecule has 3 rings (SSSR count). The number of aliphatic hydroxyl groups is 1. The van der Waals surface area contributed by atoms with Crippen molar-refractivity contribution in [3.05, 3.63) is 106 Å². The molecule has 1 unspecified atom stereocenters. The van der Waals surface area contributed by atoms with Crippen LogP contribution in [-0.4, -0.2) is 16.1 Å². The van der Waals surface area contributed by atoms with Crippen LogP contribution in [0.5, 0.6) is 0 Å². The summed E-state index contributed by atoms with van der Waals surface area (Å²) in [6, 6.07) is 15.3. The van der Waals surface area contributed by atoms with Gasteiger partial charge < -0.3 is 9.84 Å². The number of halogens is 4. The molecule has 4 nitrogen and oxygen atoms in total. The molecule has 0 spiro atoms. The number of rotatable bonds is 6. The van der Waals surface area contributed by atoms with Gasteiger partial charge in [0, 0.05) is 18.0 Å². The summed E-state index contributed by atoms with van der Waals surface area (Å²) in [5.74, 6) is -0.872. The number of hydrogen-bond donors (Lipinski definition) is 1. The topological polar surface area (TPSA) is 59.4 Å². The number of carbonyl (C=O) groups is 1. The Labute approximate surface area is 181 Å². The van der Waals surface area contributed by atoms with E-state index in [1.165, 1.54) is 24.5 Å². The first-order chi connectivity index (χ1) is 14.8. The third kappa shape index (κ3) is 5.93. The zero-order valence-corrected chi connectivity index (χ0v) is 16.8. The van der Waals surface area contributed by atoms with Crippen LogP contribution in [0.1, 0.15) is 28.4 Å². The Hall–Kier alpha value is -3.16. The minimum absolute atomic E-state index is 0.0794. The lowest BCUT2D eigenvalue weighted by atomic mass is 10.0. The van der Waals surface area contributed by atoms with E-state index in [4.69, 9.17) is 16.3 Å². The molecular weight excluding hydrogens is 431 g/mol. The van der Waals surface area contributed by atoms with E-state index in [0.717, 1.165) is 12.1 Å². The van der Waals surface area contributed by atoms with Gasteiger partial charge in [-0.2, -0.15) is 13.2 Å². The fraction of sp³-hybridized carbons (Fsp3) is 0.130. The van der Waals surface area contributed by atoms with Crippen molar-refractivity contribution in [1.29, 1.82) is 0 Å². The monoisotopic (exact) mass is 447 g/mol. The summed E-state index contributed by atoms with van der Waals surface area (Å²) < 4.78 is 44.4. The maximum atomic E-state index is 13.1. The quantitative estimate of drug-likeness (QED) is 0.394. The Morgan fingerprint density at radius 1 is 1.13 bits per heavy atom. The molecule has 0 saturated heterocycles. The van der Waals surface area contributed by atoms with Crippen LogP contribution >= 0.6 is 11.6 Å². The van der Waals surface area contributed by atoms with Crippen LogP contribution in [0.3, 0.4) is 0 Å². The van der Waals surface area contributed by atoms with Crippen LogP contribution in [0.4, 0.5) is 13.2 Å². The Balaban J connectivity index is 1.85. The Bertz CT molecular complexity index is 1070. The molecule has 0 aliphatic rings. The Morgan fingerprint density at radius 3 is 2.52 bits per heavy atom. The summed E-state index contributed by atoms with van der Waals surface area (Å²) >= 11 is 5.62. The second-order valence-corrected chi connectivity index (χ2v) is 6.99. The van der Waals surface area contributed by atoms with Crippen LogP contribution in [0.15, 0.2) is 78.6 Å². The van der Waals surface area contributed by atoms with Gasteiger partial charge in [-0.25, -0.2) is 4.79 Å². The lowest BCUT2D eigenvalue weighted by Crippen LogP contribution is -2.15. The van der Waals surface area contributed by atoms with E-state index in [-0.39, 0.29) is 11.1 Å². The van der Waals surface area contributed by atoms with Crippen LogP contribution in [0.25, 0.3) is 6.08 Å². The molecule has 0 saturated carbocycles. The van der Waals surface area contributed by atoms with E-state index in [1.807, 2.05) is 0 Å². The van der Waals surface area contributed by atoms with Crippen LogP contribution < -0.4 is 0 Å². The molecule has 0 aliphatic carbocycles. The zero-order valence-electron chi connectivity index (χ0n) is 16.0. The van der Waals surface area contributed by atoms with E-state index in [1.54, 1.807) is 42.5 Å². The summed E-state index contributed by atoms with van der Waals surface area (Å²) in [6.07, 6.45) is -1.58. The highest BCUT2D eigenvalue weighted by Gasteiger charge is 2.33. The Kier molecular flexibility index (Phi) is 7.09. The second kappa shape index (κ2) is 9.76. The van der Waals surface area contributed by atoms with Crippen molar-refractivity contribution in [2.45, 2.75) is 18.9 Å². The third-order valence-electron chi connectivity index (χ3n) is 4.36. The van der Waals surface area contributed by atoms with Crippen molar-refractivity contribution < 1.29 is 27.8 Å². The van der Waals surface area contributed by atoms with Gasteiger partial charge in [0.15, 0.2) is 0 Å². The largest absolute Gasteiger partial charge is 0.457 e. The Morgan fingerprint density at radius 2 is 1.87 bits per heavy atom. The smallest absolute Gasteiger partial charge is 0.417 e. The number of carbonyl (C=O) groups excluding carboxylic acids is 1. The lowest BCUT2D eigenvalue weighted by molar-refractivity contribution is -0.141. The average molecular weight is 448 g/mol. The zero-order chi connectivity index (χ0) is 22.4. The van der Waals surface area contributed by atoms with Crippen molar-refractivity contribution in [1.82, 2.24) is 4.98 Å². The van der Waals surface area contributed by atoms with Crippen molar-refractivity contribution >= 4 is 23.6 Å². The maximum Gasteiger partial charge on any atom is 0.417 e.